The Balaban J connectivity index is 3.08. The van der Waals surface area contributed by atoms with Crippen LogP contribution in [0.5, 0.6) is 0 Å². The van der Waals surface area contributed by atoms with Crippen LogP contribution in [0.25, 0.3) is 0 Å². The van der Waals surface area contributed by atoms with Gasteiger partial charge in [-0.3, -0.25) is 9.59 Å². The highest BCUT2D eigenvalue weighted by Gasteiger charge is 2.34. The molecule has 1 atom stereocenters. The van der Waals surface area contributed by atoms with Crippen molar-refractivity contribution in [2.75, 3.05) is 0 Å². The van der Waals surface area contributed by atoms with Crippen LogP contribution in [-0.2, 0) is 9.59 Å². The van der Waals surface area contributed by atoms with E-state index in [0.717, 1.165) is 12.0 Å². The van der Waals surface area contributed by atoms with Crippen molar-refractivity contribution in [3.05, 3.63) is 11.1 Å². The number of carbonyl (C=O) groups excluding carboxylic acids is 2. The van der Waals surface area contributed by atoms with Crippen LogP contribution in [-0.4, -0.2) is 16.4 Å². The zero-order valence-electron chi connectivity index (χ0n) is 9.69. The van der Waals surface area contributed by atoms with Gasteiger partial charge in [0.25, 0.3) is 0 Å². The number of Topliss-reactive ketones (excluding diaryl/α,β-unsaturated/α-hetero) is 2. The van der Waals surface area contributed by atoms with Crippen molar-refractivity contribution in [3.8, 4) is 0 Å². The molecule has 0 N–H and O–H groups in total. The van der Waals surface area contributed by atoms with E-state index in [1.165, 1.54) is 0 Å². The van der Waals surface area contributed by atoms with Gasteiger partial charge in [-0.05, 0) is 25.7 Å². The second-order valence-corrected chi connectivity index (χ2v) is 6.45. The first-order valence-electron chi connectivity index (χ1n) is 5.16. The third-order valence-electron chi connectivity index (χ3n) is 2.70. The fourth-order valence-corrected chi connectivity index (χ4v) is 2.41. The lowest BCUT2D eigenvalue weighted by molar-refractivity contribution is -0.122. The van der Waals surface area contributed by atoms with E-state index in [4.69, 9.17) is 0 Å². The van der Waals surface area contributed by atoms with Gasteiger partial charge in [-0.2, -0.15) is 0 Å². The summed E-state index contributed by atoms with van der Waals surface area (Å²) in [5.41, 5.74) is 1.37. The molecule has 0 amide bonds. The van der Waals surface area contributed by atoms with Crippen LogP contribution >= 0.6 is 15.9 Å². The molecule has 1 unspecified atom stereocenters. The summed E-state index contributed by atoms with van der Waals surface area (Å²) in [7, 11) is 0. The molecule has 84 valence electrons. The second kappa shape index (κ2) is 4.20. The molecule has 1 aliphatic rings. The van der Waals surface area contributed by atoms with Gasteiger partial charge in [-0.15, -0.1) is 0 Å². The topological polar surface area (TPSA) is 34.1 Å². The van der Waals surface area contributed by atoms with Crippen LogP contribution in [0.2, 0.25) is 0 Å². The molecular weight excluding hydrogens is 256 g/mol. The molecule has 0 bridgehead atoms. The fraction of sp³-hybridized carbons (Fsp3) is 0.667. The van der Waals surface area contributed by atoms with Crippen LogP contribution in [0.1, 0.15) is 40.5 Å². The summed E-state index contributed by atoms with van der Waals surface area (Å²) in [4.78, 5) is 23.4. The van der Waals surface area contributed by atoms with E-state index in [2.05, 4.69) is 29.8 Å². The molecule has 2 nitrogen and oxygen atoms in total. The summed E-state index contributed by atoms with van der Waals surface area (Å²) < 4.78 is 0. The molecule has 0 radical (unpaired) electrons. The van der Waals surface area contributed by atoms with Gasteiger partial charge in [0.15, 0.2) is 11.6 Å². The van der Waals surface area contributed by atoms with Crippen LogP contribution < -0.4 is 0 Å². The normalized spacial score (nSPS) is 22.9. The quantitative estimate of drug-likeness (QED) is 0.572. The number of hydrogen-bond acceptors (Lipinski definition) is 2. The summed E-state index contributed by atoms with van der Waals surface area (Å²) in [5.74, 6) is -0.0759. The van der Waals surface area contributed by atoms with Crippen LogP contribution in [0.15, 0.2) is 11.1 Å². The van der Waals surface area contributed by atoms with E-state index < -0.39 is 0 Å². The first-order chi connectivity index (χ1) is 6.74. The summed E-state index contributed by atoms with van der Waals surface area (Å²) in [6.07, 6.45) is 1.31. The van der Waals surface area contributed by atoms with Crippen molar-refractivity contribution < 1.29 is 9.59 Å². The van der Waals surface area contributed by atoms with E-state index in [0.29, 0.717) is 12.0 Å². The minimum atomic E-state index is -0.271. The van der Waals surface area contributed by atoms with Crippen molar-refractivity contribution >= 4 is 27.5 Å². The van der Waals surface area contributed by atoms with E-state index >= 15 is 0 Å². The predicted molar refractivity (Wildman–Crippen MR) is 64.1 cm³/mol. The standard InChI is InChI=1S/C12H17BrO2/c1-7-5-12(3,4)6-9(14)10(7)11(15)8(2)13/h8H,5-6H2,1-4H3. The smallest absolute Gasteiger partial charge is 0.179 e. The van der Waals surface area contributed by atoms with Crippen molar-refractivity contribution in [1.29, 1.82) is 0 Å². The molecule has 3 heteroatoms. The zero-order chi connectivity index (χ0) is 11.8. The molecule has 0 saturated carbocycles. The van der Waals surface area contributed by atoms with Gasteiger partial charge in [0.2, 0.25) is 0 Å². The number of allylic oxidation sites excluding steroid dienone is 2. The van der Waals surface area contributed by atoms with Gasteiger partial charge < -0.3 is 0 Å². The van der Waals surface area contributed by atoms with E-state index in [1.807, 2.05) is 6.92 Å². The minimum absolute atomic E-state index is 0.0000463. The number of carbonyl (C=O) groups is 2. The van der Waals surface area contributed by atoms with Crippen molar-refractivity contribution in [2.24, 2.45) is 5.41 Å². The van der Waals surface area contributed by atoms with E-state index in [-0.39, 0.29) is 21.8 Å². The molecule has 0 aromatic rings. The summed E-state index contributed by atoms with van der Waals surface area (Å²) >= 11 is 3.22. The second-order valence-electron chi connectivity index (χ2n) is 5.08. The molecule has 1 aliphatic carbocycles. The molecule has 0 heterocycles. The average Bonchev–Trinajstić information content (AvgIpc) is 1.99. The lowest BCUT2D eigenvalue weighted by Crippen LogP contribution is -2.30. The Labute approximate surface area is 99.2 Å². The van der Waals surface area contributed by atoms with Crippen molar-refractivity contribution in [3.63, 3.8) is 0 Å². The Morgan fingerprint density at radius 2 is 1.93 bits per heavy atom. The number of alkyl halides is 1. The summed E-state index contributed by atoms with van der Waals surface area (Å²) in [5, 5.41) is 0. The average molecular weight is 273 g/mol. The Morgan fingerprint density at radius 1 is 1.40 bits per heavy atom. The van der Waals surface area contributed by atoms with Crippen LogP contribution in [0.3, 0.4) is 0 Å². The van der Waals surface area contributed by atoms with Gasteiger partial charge in [0.1, 0.15) is 0 Å². The molecule has 0 fully saturated rings. The van der Waals surface area contributed by atoms with Gasteiger partial charge >= 0.3 is 0 Å². The maximum Gasteiger partial charge on any atom is 0.179 e. The molecule has 0 aromatic heterocycles. The number of hydrogen-bond donors (Lipinski definition) is 0. The third kappa shape index (κ3) is 2.77. The fourth-order valence-electron chi connectivity index (χ4n) is 2.18. The van der Waals surface area contributed by atoms with E-state index in [9.17, 15) is 9.59 Å². The maximum absolute atomic E-state index is 11.9. The largest absolute Gasteiger partial charge is 0.294 e. The summed E-state index contributed by atoms with van der Waals surface area (Å²) in [6.45, 7) is 7.78. The SMILES string of the molecule is CC1=C(C(=O)C(C)Br)C(=O)CC(C)(C)C1. The van der Waals surface area contributed by atoms with Gasteiger partial charge in [-0.1, -0.05) is 35.4 Å². The van der Waals surface area contributed by atoms with Crippen LogP contribution in [0.4, 0.5) is 0 Å². The Morgan fingerprint density at radius 3 is 2.33 bits per heavy atom. The monoisotopic (exact) mass is 272 g/mol. The van der Waals surface area contributed by atoms with Gasteiger partial charge in [0.05, 0.1) is 10.4 Å². The highest BCUT2D eigenvalue weighted by molar-refractivity contribution is 9.10. The predicted octanol–water partition coefficient (Wildman–Crippen LogP) is 3.04. The molecule has 0 aliphatic heterocycles. The Kier molecular flexibility index (Phi) is 3.54. The molecule has 0 spiro atoms. The van der Waals surface area contributed by atoms with Gasteiger partial charge in [0, 0.05) is 6.42 Å². The molecule has 0 saturated heterocycles. The lowest BCUT2D eigenvalue weighted by atomic mass is 9.73. The molecular formula is C12H17BrO2. The van der Waals surface area contributed by atoms with Crippen LogP contribution in [0, 0.1) is 5.41 Å². The first kappa shape index (κ1) is 12.6. The highest BCUT2D eigenvalue weighted by atomic mass is 79.9. The minimum Gasteiger partial charge on any atom is -0.294 e. The van der Waals surface area contributed by atoms with Crippen molar-refractivity contribution in [2.45, 2.75) is 45.4 Å². The number of halogens is 1. The van der Waals surface area contributed by atoms with E-state index in [1.54, 1.807) is 6.92 Å². The number of rotatable bonds is 2. The zero-order valence-corrected chi connectivity index (χ0v) is 11.3. The first-order valence-corrected chi connectivity index (χ1v) is 6.07. The molecule has 15 heavy (non-hydrogen) atoms. The Hall–Kier alpha value is -0.440. The lowest BCUT2D eigenvalue weighted by Gasteiger charge is -2.30. The third-order valence-corrected chi connectivity index (χ3v) is 3.11. The molecule has 1 rings (SSSR count). The van der Waals surface area contributed by atoms with Crippen molar-refractivity contribution in [1.82, 2.24) is 0 Å². The van der Waals surface area contributed by atoms with Gasteiger partial charge in [-0.25, -0.2) is 0 Å². The Bertz CT molecular complexity index is 338. The highest BCUT2D eigenvalue weighted by Crippen LogP contribution is 2.37. The number of ketones is 2. The molecule has 0 aromatic carbocycles. The summed E-state index contributed by atoms with van der Waals surface area (Å²) in [6, 6.07) is 0. The maximum atomic E-state index is 11.9.